The summed E-state index contributed by atoms with van der Waals surface area (Å²) in [6, 6.07) is 0. The van der Waals surface area contributed by atoms with Gasteiger partial charge in [0, 0.05) is 20.4 Å². The highest BCUT2D eigenvalue weighted by Crippen LogP contribution is 2.62. The van der Waals surface area contributed by atoms with Gasteiger partial charge in [0.2, 0.25) is 7.37 Å². The Morgan fingerprint density at radius 3 is 1.73 bits per heavy atom. The Balaban J connectivity index is 4.13. The van der Waals surface area contributed by atoms with Crippen LogP contribution in [0.4, 0.5) is 0 Å². The van der Waals surface area contributed by atoms with Gasteiger partial charge in [-0.05, 0) is 13.3 Å². The zero-order chi connectivity index (χ0) is 16.9. The van der Waals surface area contributed by atoms with Crippen molar-refractivity contribution in [2.45, 2.75) is 65.2 Å². The molecule has 1 atom stereocenters. The SMILES string of the molecule is CCCCCCCCCCP(=O)(CP(=O)(OC)OC)OCC. The fourth-order valence-corrected chi connectivity index (χ4v) is 7.73. The monoisotopic (exact) mass is 356 g/mol. The molecule has 0 heterocycles. The maximum absolute atomic E-state index is 12.8. The van der Waals surface area contributed by atoms with Crippen molar-refractivity contribution in [3.8, 4) is 0 Å². The highest BCUT2D eigenvalue weighted by atomic mass is 31.2. The van der Waals surface area contributed by atoms with Gasteiger partial charge in [-0.25, -0.2) is 0 Å². The van der Waals surface area contributed by atoms with Crippen molar-refractivity contribution in [1.82, 2.24) is 0 Å². The maximum Gasteiger partial charge on any atom is 0.339 e. The minimum Gasteiger partial charge on any atom is -0.328 e. The van der Waals surface area contributed by atoms with E-state index < -0.39 is 15.0 Å². The number of hydrogen-bond acceptors (Lipinski definition) is 5. The van der Waals surface area contributed by atoms with E-state index in [-0.39, 0.29) is 5.90 Å². The summed E-state index contributed by atoms with van der Waals surface area (Å²) in [4.78, 5) is 0. The van der Waals surface area contributed by atoms with Crippen LogP contribution in [0.3, 0.4) is 0 Å². The first-order chi connectivity index (χ1) is 10.4. The van der Waals surface area contributed by atoms with Crippen LogP contribution < -0.4 is 0 Å². The van der Waals surface area contributed by atoms with Crippen molar-refractivity contribution in [1.29, 1.82) is 0 Å². The largest absolute Gasteiger partial charge is 0.339 e. The van der Waals surface area contributed by atoms with Gasteiger partial charge in [-0.1, -0.05) is 51.9 Å². The summed E-state index contributed by atoms with van der Waals surface area (Å²) in [6.07, 6.45) is 9.85. The normalized spacial score (nSPS) is 14.9. The summed E-state index contributed by atoms with van der Waals surface area (Å²) in [5.41, 5.74) is 0. The fraction of sp³-hybridized carbons (Fsp3) is 1.00. The van der Waals surface area contributed by atoms with Gasteiger partial charge >= 0.3 is 7.60 Å². The summed E-state index contributed by atoms with van der Waals surface area (Å²) in [7, 11) is -3.62. The van der Waals surface area contributed by atoms with Gasteiger partial charge in [-0.3, -0.25) is 9.13 Å². The summed E-state index contributed by atoms with van der Waals surface area (Å²) >= 11 is 0. The predicted octanol–water partition coefficient (Wildman–Crippen LogP) is 5.89. The lowest BCUT2D eigenvalue weighted by Crippen LogP contribution is -2.03. The molecule has 0 aliphatic rings. The highest BCUT2D eigenvalue weighted by Gasteiger charge is 2.35. The van der Waals surface area contributed by atoms with Crippen molar-refractivity contribution in [2.24, 2.45) is 0 Å². The van der Waals surface area contributed by atoms with Crippen LogP contribution in [-0.2, 0) is 22.7 Å². The van der Waals surface area contributed by atoms with Gasteiger partial charge in [0.05, 0.1) is 6.61 Å². The number of unbranched alkanes of at least 4 members (excludes halogenated alkanes) is 7. The lowest BCUT2D eigenvalue weighted by molar-refractivity contribution is 0.276. The molecule has 0 bridgehead atoms. The first-order valence-corrected chi connectivity index (χ1v) is 12.1. The smallest absolute Gasteiger partial charge is 0.328 e. The van der Waals surface area contributed by atoms with E-state index in [4.69, 9.17) is 13.6 Å². The summed E-state index contributed by atoms with van der Waals surface area (Å²) < 4.78 is 40.1. The summed E-state index contributed by atoms with van der Waals surface area (Å²) in [5, 5.41) is 0. The van der Waals surface area contributed by atoms with Crippen LogP contribution in [0.25, 0.3) is 0 Å². The van der Waals surface area contributed by atoms with Crippen LogP contribution in [0.1, 0.15) is 65.2 Å². The third kappa shape index (κ3) is 10.2. The summed E-state index contributed by atoms with van der Waals surface area (Å²) in [6.45, 7) is 4.36. The maximum atomic E-state index is 12.8. The Hall–Kier alpha value is 0.340. The predicted molar refractivity (Wildman–Crippen MR) is 93.2 cm³/mol. The lowest BCUT2D eigenvalue weighted by atomic mass is 10.1. The number of rotatable bonds is 15. The molecule has 0 fully saturated rings. The van der Waals surface area contributed by atoms with Crippen LogP contribution in [0.15, 0.2) is 0 Å². The van der Waals surface area contributed by atoms with Gasteiger partial charge in [0.15, 0.2) is 0 Å². The third-order valence-corrected chi connectivity index (χ3v) is 9.61. The molecule has 0 aliphatic heterocycles. The average Bonchev–Trinajstić information content (AvgIpc) is 2.50. The van der Waals surface area contributed by atoms with Gasteiger partial charge in [0.1, 0.15) is 5.90 Å². The average molecular weight is 356 g/mol. The first kappa shape index (κ1) is 22.3. The van der Waals surface area contributed by atoms with E-state index in [9.17, 15) is 9.13 Å². The second-order valence-corrected chi connectivity index (χ2v) is 11.0. The van der Waals surface area contributed by atoms with Crippen LogP contribution >= 0.6 is 15.0 Å². The zero-order valence-electron chi connectivity index (χ0n) is 14.7. The molecule has 5 nitrogen and oxygen atoms in total. The highest BCUT2D eigenvalue weighted by molar-refractivity contribution is 7.73. The molecule has 0 radical (unpaired) electrons. The molecule has 1 unspecified atom stereocenters. The van der Waals surface area contributed by atoms with E-state index in [1.165, 1.54) is 46.3 Å². The Kier molecular flexibility index (Phi) is 12.9. The van der Waals surface area contributed by atoms with E-state index in [1.54, 1.807) is 6.92 Å². The molecule has 0 saturated heterocycles. The molecule has 0 N–H and O–H groups in total. The molecule has 0 aliphatic carbocycles. The van der Waals surface area contributed by atoms with Crippen LogP contribution in [0.5, 0.6) is 0 Å². The minimum atomic E-state index is -3.29. The van der Waals surface area contributed by atoms with Crippen molar-refractivity contribution < 1.29 is 22.7 Å². The third-order valence-electron chi connectivity index (χ3n) is 3.66. The number of hydrogen-bond donors (Lipinski definition) is 0. The van der Waals surface area contributed by atoms with Crippen LogP contribution in [0.2, 0.25) is 0 Å². The molecule has 0 saturated carbocycles. The summed E-state index contributed by atoms with van der Waals surface area (Å²) in [5.74, 6) is -0.128. The van der Waals surface area contributed by atoms with E-state index in [2.05, 4.69) is 6.92 Å². The molecule has 0 aromatic carbocycles. The van der Waals surface area contributed by atoms with Gasteiger partial charge in [0.25, 0.3) is 0 Å². The first-order valence-electron chi connectivity index (χ1n) is 8.38. The Bertz CT molecular complexity index is 352. The van der Waals surface area contributed by atoms with Crippen LogP contribution in [0, 0.1) is 0 Å². The van der Waals surface area contributed by atoms with Crippen molar-refractivity contribution in [2.75, 3.05) is 32.9 Å². The lowest BCUT2D eigenvalue weighted by Gasteiger charge is -2.21. The van der Waals surface area contributed by atoms with Crippen molar-refractivity contribution >= 4 is 15.0 Å². The molecule has 7 heteroatoms. The fourth-order valence-electron chi connectivity index (χ4n) is 2.35. The molecule has 0 rings (SSSR count). The van der Waals surface area contributed by atoms with E-state index >= 15 is 0 Å². The van der Waals surface area contributed by atoms with Gasteiger partial charge in [-0.15, -0.1) is 0 Å². The van der Waals surface area contributed by atoms with Crippen molar-refractivity contribution in [3.05, 3.63) is 0 Å². The van der Waals surface area contributed by atoms with E-state index in [0.717, 1.165) is 19.3 Å². The van der Waals surface area contributed by atoms with Crippen LogP contribution in [-0.4, -0.2) is 32.9 Å². The van der Waals surface area contributed by atoms with Gasteiger partial charge < -0.3 is 13.6 Å². The van der Waals surface area contributed by atoms with Crippen molar-refractivity contribution in [3.63, 3.8) is 0 Å². The molecule has 0 amide bonds. The topological polar surface area (TPSA) is 61.8 Å². The van der Waals surface area contributed by atoms with E-state index in [1.807, 2.05) is 0 Å². The molecular formula is C15H34O5P2. The molecule has 0 aromatic rings. The minimum absolute atomic E-state index is 0.128. The zero-order valence-corrected chi connectivity index (χ0v) is 16.5. The molecular weight excluding hydrogens is 322 g/mol. The second kappa shape index (κ2) is 12.7. The Labute approximate surface area is 136 Å². The standard InChI is InChI=1S/C15H34O5P2/c1-5-7-8-9-10-11-12-13-14-21(16,20-6-2)15-22(17,18-3)19-4/h5-15H2,1-4H3. The quantitative estimate of drug-likeness (QED) is 0.271. The Morgan fingerprint density at radius 2 is 1.27 bits per heavy atom. The Morgan fingerprint density at radius 1 is 0.773 bits per heavy atom. The molecule has 0 spiro atoms. The molecule has 134 valence electrons. The molecule has 0 aromatic heterocycles. The second-order valence-electron chi connectivity index (χ2n) is 5.55. The van der Waals surface area contributed by atoms with Gasteiger partial charge in [-0.2, -0.15) is 0 Å². The molecule has 22 heavy (non-hydrogen) atoms. The van der Waals surface area contributed by atoms with E-state index in [0.29, 0.717) is 12.8 Å².